The quantitative estimate of drug-likeness (QED) is 0.818. The number of esters is 1. The molecule has 2 rings (SSSR count). The van der Waals surface area contributed by atoms with Crippen LogP contribution in [0.5, 0.6) is 0 Å². The Morgan fingerprint density at radius 2 is 1.79 bits per heavy atom. The average molecular weight is 367 g/mol. The van der Waals surface area contributed by atoms with Crippen molar-refractivity contribution in [3.63, 3.8) is 0 Å². The van der Waals surface area contributed by atoms with Gasteiger partial charge in [0.1, 0.15) is 0 Å². The predicted molar refractivity (Wildman–Crippen MR) is 93.5 cm³/mol. The number of nitrogens with zero attached hydrogens (tertiary/aromatic N) is 1. The first-order valence-electron chi connectivity index (χ1n) is 7.19. The highest BCUT2D eigenvalue weighted by molar-refractivity contribution is 6.36. The molecule has 2 aromatic rings. The van der Waals surface area contributed by atoms with Crippen molar-refractivity contribution in [1.82, 2.24) is 4.98 Å². The van der Waals surface area contributed by atoms with E-state index in [4.69, 9.17) is 27.9 Å². The second-order valence-electron chi connectivity index (χ2n) is 5.26. The van der Waals surface area contributed by atoms with Crippen molar-refractivity contribution in [3.05, 3.63) is 57.2 Å². The number of anilines is 1. The molecule has 0 saturated carbocycles. The molecule has 24 heavy (non-hydrogen) atoms. The van der Waals surface area contributed by atoms with E-state index in [-0.39, 0.29) is 17.3 Å². The lowest BCUT2D eigenvalue weighted by atomic mass is 10.1. The maximum atomic E-state index is 11.8. The molecule has 0 fully saturated rings. The summed E-state index contributed by atoms with van der Waals surface area (Å²) in [7, 11) is 0. The standard InChI is InChI=1S/C17H16Cl2N2O3/c1-10-3-5-12(6-4-10)7-16(23)24-9-15(22)21-17-14(19)8-13(18)11(2)20-17/h3-6,8H,7,9H2,1-2H3,(H,20,21,22). The van der Waals surface area contributed by atoms with Gasteiger partial charge in [-0.15, -0.1) is 0 Å². The number of hydrogen-bond donors (Lipinski definition) is 1. The van der Waals surface area contributed by atoms with Gasteiger partial charge < -0.3 is 10.1 Å². The molecule has 0 aliphatic rings. The fourth-order valence-electron chi connectivity index (χ4n) is 1.88. The van der Waals surface area contributed by atoms with Crippen LogP contribution in [0.25, 0.3) is 0 Å². The van der Waals surface area contributed by atoms with Crippen LogP contribution in [0, 0.1) is 13.8 Å². The molecule has 1 N–H and O–H groups in total. The highest BCUT2D eigenvalue weighted by atomic mass is 35.5. The van der Waals surface area contributed by atoms with Gasteiger partial charge in [-0.3, -0.25) is 9.59 Å². The Balaban J connectivity index is 1.85. The van der Waals surface area contributed by atoms with E-state index in [2.05, 4.69) is 10.3 Å². The average Bonchev–Trinajstić information content (AvgIpc) is 2.53. The summed E-state index contributed by atoms with van der Waals surface area (Å²) in [6.07, 6.45) is 0.104. The van der Waals surface area contributed by atoms with Crippen LogP contribution in [-0.4, -0.2) is 23.5 Å². The number of benzene rings is 1. The van der Waals surface area contributed by atoms with Crippen molar-refractivity contribution in [2.24, 2.45) is 0 Å². The molecule has 1 amide bonds. The molecule has 1 aromatic heterocycles. The molecule has 126 valence electrons. The molecule has 1 aromatic carbocycles. The van der Waals surface area contributed by atoms with E-state index in [1.54, 1.807) is 6.92 Å². The van der Waals surface area contributed by atoms with Crippen LogP contribution >= 0.6 is 23.2 Å². The number of halogens is 2. The fraction of sp³-hybridized carbons (Fsp3) is 0.235. The maximum Gasteiger partial charge on any atom is 0.310 e. The zero-order valence-electron chi connectivity index (χ0n) is 13.2. The van der Waals surface area contributed by atoms with E-state index in [1.165, 1.54) is 6.07 Å². The van der Waals surface area contributed by atoms with Crippen LogP contribution in [0.4, 0.5) is 5.82 Å². The number of nitrogens with one attached hydrogen (secondary N) is 1. The minimum atomic E-state index is -0.525. The van der Waals surface area contributed by atoms with Crippen LogP contribution in [0.2, 0.25) is 10.0 Å². The van der Waals surface area contributed by atoms with Crippen molar-refractivity contribution >= 4 is 40.9 Å². The summed E-state index contributed by atoms with van der Waals surface area (Å²) in [4.78, 5) is 27.7. The summed E-state index contributed by atoms with van der Waals surface area (Å²) in [6.45, 7) is 3.24. The number of aryl methyl sites for hydroxylation is 2. The lowest BCUT2D eigenvalue weighted by Gasteiger charge is -2.09. The minimum Gasteiger partial charge on any atom is -0.455 e. The van der Waals surface area contributed by atoms with Gasteiger partial charge in [-0.25, -0.2) is 4.98 Å². The Labute approximate surface area is 149 Å². The summed E-state index contributed by atoms with van der Waals surface area (Å²) in [5.74, 6) is -0.832. The van der Waals surface area contributed by atoms with Crippen LogP contribution in [0.3, 0.4) is 0 Å². The van der Waals surface area contributed by atoms with Gasteiger partial charge in [0.2, 0.25) is 0 Å². The zero-order chi connectivity index (χ0) is 17.7. The zero-order valence-corrected chi connectivity index (χ0v) is 14.7. The molecule has 0 aliphatic heterocycles. The smallest absolute Gasteiger partial charge is 0.310 e. The third-order valence-corrected chi connectivity index (χ3v) is 3.87. The van der Waals surface area contributed by atoms with Gasteiger partial charge in [0.15, 0.2) is 12.4 Å². The Bertz CT molecular complexity index is 761. The number of carbonyl (C=O) groups excluding carboxylic acids is 2. The van der Waals surface area contributed by atoms with Crippen LogP contribution in [0.15, 0.2) is 30.3 Å². The van der Waals surface area contributed by atoms with Crippen molar-refractivity contribution in [1.29, 1.82) is 0 Å². The molecule has 0 bridgehead atoms. The second-order valence-corrected chi connectivity index (χ2v) is 6.07. The predicted octanol–water partition coefficient (Wildman–Crippen LogP) is 3.73. The lowest BCUT2D eigenvalue weighted by Crippen LogP contribution is -2.22. The highest BCUT2D eigenvalue weighted by Crippen LogP contribution is 2.25. The molecule has 1 heterocycles. The molecule has 0 radical (unpaired) electrons. The lowest BCUT2D eigenvalue weighted by molar-refractivity contribution is -0.146. The van der Waals surface area contributed by atoms with Gasteiger partial charge in [0, 0.05) is 0 Å². The first kappa shape index (κ1) is 18.2. The van der Waals surface area contributed by atoms with Gasteiger partial charge in [-0.1, -0.05) is 53.0 Å². The van der Waals surface area contributed by atoms with E-state index >= 15 is 0 Å². The van der Waals surface area contributed by atoms with E-state index in [0.717, 1.165) is 11.1 Å². The highest BCUT2D eigenvalue weighted by Gasteiger charge is 2.12. The number of hydrogen-bond acceptors (Lipinski definition) is 4. The SMILES string of the molecule is Cc1ccc(CC(=O)OCC(=O)Nc2nc(C)c(Cl)cc2Cl)cc1. The van der Waals surface area contributed by atoms with E-state index in [1.807, 2.05) is 31.2 Å². The molecule has 0 saturated heterocycles. The Morgan fingerprint density at radius 1 is 1.12 bits per heavy atom. The van der Waals surface area contributed by atoms with E-state index in [0.29, 0.717) is 10.7 Å². The van der Waals surface area contributed by atoms with Gasteiger partial charge in [-0.2, -0.15) is 0 Å². The molecule has 0 spiro atoms. The second kappa shape index (κ2) is 8.13. The summed E-state index contributed by atoms with van der Waals surface area (Å²) in [6, 6.07) is 9.00. The summed E-state index contributed by atoms with van der Waals surface area (Å²) < 4.78 is 4.96. The molecule has 0 aliphatic carbocycles. The third kappa shape index (κ3) is 5.22. The first-order valence-corrected chi connectivity index (χ1v) is 7.94. The molecule has 0 unspecified atom stereocenters. The van der Waals surface area contributed by atoms with Gasteiger partial charge >= 0.3 is 5.97 Å². The van der Waals surface area contributed by atoms with Crippen LogP contribution in [0.1, 0.15) is 16.8 Å². The molecule has 5 nitrogen and oxygen atoms in total. The number of rotatable bonds is 5. The third-order valence-electron chi connectivity index (χ3n) is 3.20. The molecular weight excluding hydrogens is 351 g/mol. The van der Waals surface area contributed by atoms with E-state index in [9.17, 15) is 9.59 Å². The first-order chi connectivity index (χ1) is 11.3. The monoisotopic (exact) mass is 366 g/mol. The topological polar surface area (TPSA) is 68.3 Å². The number of aromatic nitrogens is 1. The summed E-state index contributed by atoms with van der Waals surface area (Å²) in [5, 5.41) is 3.11. The maximum absolute atomic E-state index is 11.8. The minimum absolute atomic E-state index is 0.104. The summed E-state index contributed by atoms with van der Waals surface area (Å²) >= 11 is 11.8. The molecule has 0 atom stereocenters. The fourth-order valence-corrected chi connectivity index (χ4v) is 2.29. The normalized spacial score (nSPS) is 10.3. The van der Waals surface area contributed by atoms with Crippen LogP contribution in [-0.2, 0) is 20.7 Å². The Hall–Kier alpha value is -2.11. The Morgan fingerprint density at radius 3 is 2.46 bits per heavy atom. The number of pyridine rings is 1. The number of amides is 1. The largest absolute Gasteiger partial charge is 0.455 e. The van der Waals surface area contributed by atoms with Crippen LogP contribution < -0.4 is 5.32 Å². The summed E-state index contributed by atoms with van der Waals surface area (Å²) in [5.41, 5.74) is 2.46. The number of carbonyl (C=O) groups is 2. The van der Waals surface area contributed by atoms with Crippen molar-refractivity contribution in [2.45, 2.75) is 20.3 Å². The molecule has 7 heteroatoms. The van der Waals surface area contributed by atoms with Gasteiger partial charge in [0.25, 0.3) is 5.91 Å². The Kier molecular flexibility index (Phi) is 6.17. The molecular formula is C17H16Cl2N2O3. The van der Waals surface area contributed by atoms with E-state index < -0.39 is 18.5 Å². The number of ether oxygens (including phenoxy) is 1. The van der Waals surface area contributed by atoms with Gasteiger partial charge in [0.05, 0.1) is 22.2 Å². The van der Waals surface area contributed by atoms with Crippen molar-refractivity contribution in [3.8, 4) is 0 Å². The van der Waals surface area contributed by atoms with Crippen molar-refractivity contribution < 1.29 is 14.3 Å². The van der Waals surface area contributed by atoms with Crippen molar-refractivity contribution in [2.75, 3.05) is 11.9 Å². The van der Waals surface area contributed by atoms with Gasteiger partial charge in [-0.05, 0) is 25.5 Å².